The molecular formula is C17H18N2O2. The zero-order valence-electron chi connectivity index (χ0n) is 12.2. The molecule has 0 unspecified atom stereocenters. The lowest BCUT2D eigenvalue weighted by molar-refractivity contribution is -0.131. The lowest BCUT2D eigenvalue weighted by Crippen LogP contribution is -2.10. The molecule has 1 aromatic heterocycles. The maximum Gasteiger partial charge on any atom is 0.328 e. The third-order valence-electron chi connectivity index (χ3n) is 3.26. The molecule has 0 saturated heterocycles. The summed E-state index contributed by atoms with van der Waals surface area (Å²) < 4.78 is 0. The van der Waals surface area contributed by atoms with E-state index in [4.69, 9.17) is 5.11 Å². The minimum atomic E-state index is -0.966. The fraction of sp³-hybridized carbons (Fsp3) is 0.176. The van der Waals surface area contributed by atoms with Crippen LogP contribution < -0.4 is 4.90 Å². The summed E-state index contributed by atoms with van der Waals surface area (Å²) in [7, 11) is 1.95. The molecule has 0 spiro atoms. The number of anilines is 2. The van der Waals surface area contributed by atoms with Crippen molar-refractivity contribution in [1.29, 1.82) is 0 Å². The number of hydrogen-bond acceptors (Lipinski definition) is 3. The third kappa shape index (κ3) is 3.92. The summed E-state index contributed by atoms with van der Waals surface area (Å²) in [4.78, 5) is 16.8. The van der Waals surface area contributed by atoms with Crippen molar-refractivity contribution >= 4 is 23.6 Å². The van der Waals surface area contributed by atoms with Crippen molar-refractivity contribution in [2.45, 2.75) is 13.3 Å². The first-order valence-electron chi connectivity index (χ1n) is 6.80. The second-order valence-corrected chi connectivity index (χ2v) is 4.70. The summed E-state index contributed by atoms with van der Waals surface area (Å²) in [5.74, 6) is -0.154. The van der Waals surface area contributed by atoms with E-state index in [-0.39, 0.29) is 0 Å². The molecule has 0 atom stereocenters. The molecule has 0 aliphatic heterocycles. The van der Waals surface area contributed by atoms with Crippen LogP contribution in [0.1, 0.15) is 18.1 Å². The third-order valence-corrected chi connectivity index (χ3v) is 3.26. The molecule has 1 N–H and O–H groups in total. The Morgan fingerprint density at radius 2 is 1.95 bits per heavy atom. The molecule has 2 aromatic rings. The standard InChI is InChI=1S/C17H18N2O2/c1-3-13-4-8-15(9-5-13)19(2)16-10-6-14(12-18-16)7-11-17(20)21/h4-12H,3H2,1-2H3,(H,20,21)/b11-7+. The van der Waals surface area contributed by atoms with Crippen LogP contribution >= 0.6 is 0 Å². The second kappa shape index (κ2) is 6.70. The van der Waals surface area contributed by atoms with Crippen LogP contribution in [0.4, 0.5) is 11.5 Å². The Bertz CT molecular complexity index is 631. The summed E-state index contributed by atoms with van der Waals surface area (Å²) in [6.07, 6.45) is 5.30. The molecule has 108 valence electrons. The first-order chi connectivity index (χ1) is 10.1. The van der Waals surface area contributed by atoms with Gasteiger partial charge in [0.15, 0.2) is 0 Å². The van der Waals surface area contributed by atoms with E-state index in [1.54, 1.807) is 6.20 Å². The number of aliphatic carboxylic acids is 1. The molecule has 0 fully saturated rings. The molecule has 4 heteroatoms. The Kier molecular flexibility index (Phi) is 4.72. The lowest BCUT2D eigenvalue weighted by atomic mass is 10.1. The minimum Gasteiger partial charge on any atom is -0.478 e. The van der Waals surface area contributed by atoms with Gasteiger partial charge in [0, 0.05) is 25.0 Å². The van der Waals surface area contributed by atoms with Crippen molar-refractivity contribution in [3.05, 3.63) is 59.8 Å². The number of carboxylic acids is 1. The highest BCUT2D eigenvalue weighted by Gasteiger charge is 2.04. The molecule has 21 heavy (non-hydrogen) atoms. The Labute approximate surface area is 124 Å². The van der Waals surface area contributed by atoms with Crippen molar-refractivity contribution in [2.75, 3.05) is 11.9 Å². The number of hydrogen-bond donors (Lipinski definition) is 1. The van der Waals surface area contributed by atoms with Gasteiger partial charge in [-0.3, -0.25) is 0 Å². The first-order valence-corrected chi connectivity index (χ1v) is 6.80. The Balaban J connectivity index is 2.15. The number of carbonyl (C=O) groups is 1. The molecule has 4 nitrogen and oxygen atoms in total. The average Bonchev–Trinajstić information content (AvgIpc) is 2.53. The molecule has 1 aromatic carbocycles. The van der Waals surface area contributed by atoms with E-state index in [2.05, 4.69) is 36.2 Å². The van der Waals surface area contributed by atoms with Crippen LogP contribution in [0.2, 0.25) is 0 Å². The molecule has 1 heterocycles. The SMILES string of the molecule is CCc1ccc(N(C)c2ccc(/C=C/C(=O)O)cn2)cc1. The number of benzene rings is 1. The van der Waals surface area contributed by atoms with E-state index in [1.807, 2.05) is 24.1 Å². The summed E-state index contributed by atoms with van der Waals surface area (Å²) in [5.41, 5.74) is 3.12. The van der Waals surface area contributed by atoms with E-state index in [0.717, 1.165) is 29.6 Å². The molecule has 2 rings (SSSR count). The van der Waals surface area contributed by atoms with Gasteiger partial charge in [-0.1, -0.05) is 19.1 Å². The van der Waals surface area contributed by atoms with Gasteiger partial charge in [0.1, 0.15) is 5.82 Å². The van der Waals surface area contributed by atoms with E-state index in [1.165, 1.54) is 11.6 Å². The fourth-order valence-electron chi connectivity index (χ4n) is 1.95. The Morgan fingerprint density at radius 3 is 2.48 bits per heavy atom. The van der Waals surface area contributed by atoms with E-state index in [0.29, 0.717) is 0 Å². The van der Waals surface area contributed by atoms with Crippen molar-refractivity contribution in [2.24, 2.45) is 0 Å². The lowest BCUT2D eigenvalue weighted by Gasteiger charge is -2.18. The van der Waals surface area contributed by atoms with Gasteiger partial charge < -0.3 is 10.0 Å². The molecule has 0 aliphatic carbocycles. The zero-order valence-corrected chi connectivity index (χ0v) is 12.2. The fourth-order valence-corrected chi connectivity index (χ4v) is 1.95. The first kappa shape index (κ1) is 14.8. The van der Waals surface area contributed by atoms with Crippen LogP contribution in [-0.2, 0) is 11.2 Å². The van der Waals surface area contributed by atoms with Gasteiger partial charge in [-0.2, -0.15) is 0 Å². The highest BCUT2D eigenvalue weighted by molar-refractivity contribution is 5.85. The van der Waals surface area contributed by atoms with Crippen molar-refractivity contribution in [3.8, 4) is 0 Å². The van der Waals surface area contributed by atoms with Gasteiger partial charge in [0.25, 0.3) is 0 Å². The van der Waals surface area contributed by atoms with Crippen LogP contribution in [0.5, 0.6) is 0 Å². The normalized spacial score (nSPS) is 10.8. The number of carboxylic acid groups (broad SMARTS) is 1. The average molecular weight is 282 g/mol. The predicted octanol–water partition coefficient (Wildman–Crippen LogP) is 3.51. The van der Waals surface area contributed by atoms with Gasteiger partial charge in [-0.25, -0.2) is 9.78 Å². The molecule has 0 aliphatic rings. The summed E-state index contributed by atoms with van der Waals surface area (Å²) in [6.45, 7) is 2.13. The molecule has 0 radical (unpaired) electrons. The maximum absolute atomic E-state index is 10.5. The van der Waals surface area contributed by atoms with Gasteiger partial charge in [0.2, 0.25) is 0 Å². The van der Waals surface area contributed by atoms with Crippen molar-refractivity contribution < 1.29 is 9.90 Å². The monoisotopic (exact) mass is 282 g/mol. The predicted molar refractivity (Wildman–Crippen MR) is 84.8 cm³/mol. The Morgan fingerprint density at radius 1 is 1.24 bits per heavy atom. The minimum absolute atomic E-state index is 0.760. The summed E-state index contributed by atoms with van der Waals surface area (Å²) in [5, 5.41) is 8.59. The summed E-state index contributed by atoms with van der Waals surface area (Å²) >= 11 is 0. The molecular weight excluding hydrogens is 264 g/mol. The van der Waals surface area contributed by atoms with Crippen LogP contribution in [0, 0.1) is 0 Å². The molecule has 0 amide bonds. The zero-order chi connectivity index (χ0) is 15.2. The van der Waals surface area contributed by atoms with Gasteiger partial charge in [-0.05, 0) is 47.9 Å². The number of aryl methyl sites for hydroxylation is 1. The smallest absolute Gasteiger partial charge is 0.328 e. The van der Waals surface area contributed by atoms with E-state index < -0.39 is 5.97 Å². The van der Waals surface area contributed by atoms with Crippen molar-refractivity contribution in [1.82, 2.24) is 4.98 Å². The highest BCUT2D eigenvalue weighted by Crippen LogP contribution is 2.22. The number of nitrogens with zero attached hydrogens (tertiary/aromatic N) is 2. The Hall–Kier alpha value is -2.62. The van der Waals surface area contributed by atoms with Gasteiger partial charge >= 0.3 is 5.97 Å². The topological polar surface area (TPSA) is 53.4 Å². The van der Waals surface area contributed by atoms with Gasteiger partial charge in [-0.15, -0.1) is 0 Å². The summed E-state index contributed by atoms with van der Waals surface area (Å²) in [6, 6.07) is 12.1. The maximum atomic E-state index is 10.5. The number of aromatic nitrogens is 1. The van der Waals surface area contributed by atoms with Crippen molar-refractivity contribution in [3.63, 3.8) is 0 Å². The highest BCUT2D eigenvalue weighted by atomic mass is 16.4. The molecule has 0 saturated carbocycles. The van der Waals surface area contributed by atoms with Gasteiger partial charge in [0.05, 0.1) is 0 Å². The number of pyridine rings is 1. The van der Waals surface area contributed by atoms with Crippen LogP contribution in [0.25, 0.3) is 6.08 Å². The second-order valence-electron chi connectivity index (χ2n) is 4.70. The number of rotatable bonds is 5. The van der Waals surface area contributed by atoms with E-state index >= 15 is 0 Å². The largest absolute Gasteiger partial charge is 0.478 e. The molecule has 0 bridgehead atoms. The van der Waals surface area contributed by atoms with Crippen LogP contribution in [0.3, 0.4) is 0 Å². The van der Waals surface area contributed by atoms with Crippen LogP contribution in [-0.4, -0.2) is 23.1 Å². The van der Waals surface area contributed by atoms with E-state index in [9.17, 15) is 4.79 Å². The van der Waals surface area contributed by atoms with Crippen LogP contribution in [0.15, 0.2) is 48.7 Å². The quantitative estimate of drug-likeness (QED) is 0.853.